The maximum absolute atomic E-state index is 12.0. The van der Waals surface area contributed by atoms with Crippen LogP contribution in [0.4, 0.5) is 0 Å². The van der Waals surface area contributed by atoms with Gasteiger partial charge in [0.2, 0.25) is 5.78 Å². The third-order valence-electron chi connectivity index (χ3n) is 2.73. The zero-order valence-electron chi connectivity index (χ0n) is 9.33. The molecule has 0 spiro atoms. The van der Waals surface area contributed by atoms with Crippen LogP contribution in [-0.2, 0) is 0 Å². The second-order valence-corrected chi connectivity index (χ2v) is 4.19. The molecule has 82 valence electrons. The lowest BCUT2D eigenvalue weighted by molar-refractivity contribution is 0.0908. The van der Waals surface area contributed by atoms with Gasteiger partial charge in [-0.2, -0.15) is 0 Å². The highest BCUT2D eigenvalue weighted by Gasteiger charge is 2.29. The van der Waals surface area contributed by atoms with Crippen LogP contribution in [0.1, 0.15) is 46.0 Å². The summed E-state index contributed by atoms with van der Waals surface area (Å²) in [6.07, 6.45) is 0. The Hall–Kier alpha value is -1.90. The Morgan fingerprint density at radius 2 is 1.94 bits per heavy atom. The van der Waals surface area contributed by atoms with Crippen LogP contribution in [0.3, 0.4) is 0 Å². The van der Waals surface area contributed by atoms with Crippen LogP contribution in [0.2, 0.25) is 0 Å². The molecule has 0 saturated carbocycles. The van der Waals surface area contributed by atoms with E-state index in [9.17, 15) is 9.59 Å². The first-order valence-corrected chi connectivity index (χ1v) is 5.20. The number of Topliss-reactive ketones (excluding diaryl/α,β-unsaturated/α-hetero) is 1. The van der Waals surface area contributed by atoms with Crippen molar-refractivity contribution in [2.75, 3.05) is 0 Å². The van der Waals surface area contributed by atoms with Crippen molar-refractivity contribution < 1.29 is 9.59 Å². The third kappa shape index (κ3) is 1.45. The first-order valence-electron chi connectivity index (χ1n) is 5.20. The van der Waals surface area contributed by atoms with Crippen LogP contribution in [-0.4, -0.2) is 11.7 Å². The van der Waals surface area contributed by atoms with Gasteiger partial charge in [0, 0.05) is 5.56 Å². The van der Waals surface area contributed by atoms with E-state index < -0.39 is 0 Å². The topological polar surface area (TPSA) is 46.2 Å². The average Bonchev–Trinajstić information content (AvgIpc) is 2.25. The number of amides is 1. The molecule has 1 aromatic rings. The van der Waals surface area contributed by atoms with E-state index in [0.717, 1.165) is 5.56 Å². The van der Waals surface area contributed by atoms with E-state index in [1.54, 1.807) is 12.1 Å². The monoisotopic (exact) mass is 215 g/mol. The van der Waals surface area contributed by atoms with E-state index in [4.69, 9.17) is 0 Å². The van der Waals surface area contributed by atoms with Crippen molar-refractivity contribution in [1.29, 1.82) is 0 Å². The number of hydrogen-bond donors (Lipinski definition) is 1. The zero-order valence-corrected chi connectivity index (χ0v) is 9.33. The van der Waals surface area contributed by atoms with E-state index in [-0.39, 0.29) is 23.3 Å². The maximum Gasteiger partial charge on any atom is 0.256 e. The minimum Gasteiger partial charge on any atom is -0.319 e. The van der Waals surface area contributed by atoms with Crippen molar-refractivity contribution in [1.82, 2.24) is 5.32 Å². The molecule has 0 aliphatic carbocycles. The van der Waals surface area contributed by atoms with Gasteiger partial charge in [0.25, 0.3) is 5.91 Å². The quantitative estimate of drug-likeness (QED) is 0.730. The summed E-state index contributed by atoms with van der Waals surface area (Å²) in [5.41, 5.74) is 2.01. The molecule has 0 fully saturated rings. The summed E-state index contributed by atoms with van der Waals surface area (Å²) in [5, 5.41) is 2.47. The number of rotatable bonds is 1. The number of nitrogens with one attached hydrogen (secondary N) is 1. The van der Waals surface area contributed by atoms with E-state index in [2.05, 4.69) is 11.9 Å². The molecule has 0 unspecified atom stereocenters. The van der Waals surface area contributed by atoms with Gasteiger partial charge in [-0.15, -0.1) is 0 Å². The van der Waals surface area contributed by atoms with E-state index in [1.165, 1.54) is 0 Å². The Labute approximate surface area is 94.2 Å². The first-order chi connectivity index (χ1) is 7.52. The molecule has 0 radical (unpaired) electrons. The lowest BCUT2D eigenvalue weighted by Gasteiger charge is -2.21. The fourth-order valence-corrected chi connectivity index (χ4v) is 1.91. The van der Waals surface area contributed by atoms with Gasteiger partial charge in [-0.1, -0.05) is 32.6 Å². The summed E-state index contributed by atoms with van der Waals surface area (Å²) in [6.45, 7) is 7.56. The van der Waals surface area contributed by atoms with Gasteiger partial charge in [-0.3, -0.25) is 9.59 Å². The van der Waals surface area contributed by atoms with Gasteiger partial charge in [-0.25, -0.2) is 0 Å². The molecular weight excluding hydrogens is 202 g/mol. The maximum atomic E-state index is 12.0. The van der Waals surface area contributed by atoms with Crippen LogP contribution in [0, 0.1) is 0 Å². The molecule has 1 aliphatic rings. The minimum absolute atomic E-state index is 0.158. The third-order valence-corrected chi connectivity index (χ3v) is 2.73. The SMILES string of the molecule is C=C1NC(=O)c2cccc(C(C)C)c2C1=O. The van der Waals surface area contributed by atoms with Crippen molar-refractivity contribution in [3.63, 3.8) is 0 Å². The molecule has 1 N–H and O–H groups in total. The zero-order chi connectivity index (χ0) is 11.9. The molecule has 0 saturated heterocycles. The van der Waals surface area contributed by atoms with Crippen molar-refractivity contribution in [3.05, 3.63) is 47.2 Å². The summed E-state index contributed by atoms with van der Waals surface area (Å²) in [6, 6.07) is 5.35. The number of allylic oxidation sites excluding steroid dienone is 1. The number of benzene rings is 1. The Bertz CT molecular complexity index is 501. The van der Waals surface area contributed by atoms with Gasteiger partial charge in [0.05, 0.1) is 11.3 Å². The van der Waals surface area contributed by atoms with Gasteiger partial charge >= 0.3 is 0 Å². The standard InChI is InChI=1S/C13H13NO2/c1-7(2)9-5-4-6-10-11(9)12(15)8(3)14-13(10)16/h4-7H,3H2,1-2H3,(H,14,16). The van der Waals surface area contributed by atoms with Crippen LogP contribution in [0.15, 0.2) is 30.5 Å². The summed E-state index contributed by atoms with van der Waals surface area (Å²) in [5.74, 6) is -0.224. The molecule has 2 rings (SSSR count). The number of hydrogen-bond acceptors (Lipinski definition) is 2. The van der Waals surface area contributed by atoms with E-state index >= 15 is 0 Å². The number of ketones is 1. The minimum atomic E-state index is -0.248. The summed E-state index contributed by atoms with van der Waals surface area (Å²) >= 11 is 0. The summed E-state index contributed by atoms with van der Waals surface area (Å²) in [4.78, 5) is 23.7. The largest absolute Gasteiger partial charge is 0.319 e. The van der Waals surface area contributed by atoms with Gasteiger partial charge in [0.15, 0.2) is 0 Å². The Morgan fingerprint density at radius 1 is 1.25 bits per heavy atom. The van der Waals surface area contributed by atoms with Gasteiger partial charge < -0.3 is 5.32 Å². The molecule has 1 heterocycles. The van der Waals surface area contributed by atoms with Crippen LogP contribution in [0.25, 0.3) is 0 Å². The molecule has 1 aliphatic heterocycles. The smallest absolute Gasteiger partial charge is 0.256 e. The number of carbonyl (C=O) groups excluding carboxylic acids is 2. The van der Waals surface area contributed by atoms with Gasteiger partial charge in [0.1, 0.15) is 0 Å². The molecule has 1 aromatic carbocycles. The lowest BCUT2D eigenvalue weighted by Crippen LogP contribution is -2.34. The Morgan fingerprint density at radius 3 is 2.56 bits per heavy atom. The van der Waals surface area contributed by atoms with E-state index in [1.807, 2.05) is 19.9 Å². The second kappa shape index (κ2) is 3.59. The highest BCUT2D eigenvalue weighted by Crippen LogP contribution is 2.27. The van der Waals surface area contributed by atoms with Crippen molar-refractivity contribution in [2.24, 2.45) is 0 Å². The van der Waals surface area contributed by atoms with Crippen molar-refractivity contribution in [3.8, 4) is 0 Å². The summed E-state index contributed by atoms with van der Waals surface area (Å²) in [7, 11) is 0. The van der Waals surface area contributed by atoms with Crippen molar-refractivity contribution >= 4 is 11.7 Å². The Balaban J connectivity index is 2.72. The summed E-state index contributed by atoms with van der Waals surface area (Å²) < 4.78 is 0. The lowest BCUT2D eigenvalue weighted by atomic mass is 9.87. The van der Waals surface area contributed by atoms with Gasteiger partial charge in [-0.05, 0) is 17.5 Å². The fourth-order valence-electron chi connectivity index (χ4n) is 1.91. The number of carbonyl (C=O) groups is 2. The van der Waals surface area contributed by atoms with Crippen LogP contribution < -0.4 is 5.32 Å². The van der Waals surface area contributed by atoms with Crippen LogP contribution in [0.5, 0.6) is 0 Å². The molecule has 16 heavy (non-hydrogen) atoms. The molecule has 0 atom stereocenters. The molecule has 1 amide bonds. The normalized spacial score (nSPS) is 15.1. The predicted octanol–water partition coefficient (Wildman–Crippen LogP) is 2.25. The Kier molecular flexibility index (Phi) is 2.38. The highest BCUT2D eigenvalue weighted by atomic mass is 16.2. The van der Waals surface area contributed by atoms with E-state index in [0.29, 0.717) is 11.1 Å². The molecule has 3 heteroatoms. The van der Waals surface area contributed by atoms with Crippen molar-refractivity contribution in [2.45, 2.75) is 19.8 Å². The first kappa shape index (κ1) is 10.6. The fraction of sp³-hybridized carbons (Fsp3) is 0.231. The molecule has 0 aromatic heterocycles. The molecule has 3 nitrogen and oxygen atoms in total. The second-order valence-electron chi connectivity index (χ2n) is 4.19. The number of fused-ring (bicyclic) bond motifs is 1. The molecular formula is C13H13NO2. The predicted molar refractivity (Wildman–Crippen MR) is 61.5 cm³/mol. The molecule has 0 bridgehead atoms. The van der Waals surface area contributed by atoms with Crippen LogP contribution >= 0.6 is 0 Å². The highest BCUT2D eigenvalue weighted by molar-refractivity contribution is 6.21. The average molecular weight is 215 g/mol.